The van der Waals surface area contributed by atoms with Gasteiger partial charge < -0.3 is 10.6 Å². The number of fused-ring (bicyclic) bond motifs is 4. The Hall–Kier alpha value is -2.99. The van der Waals surface area contributed by atoms with Crippen molar-refractivity contribution < 1.29 is 19.7 Å². The van der Waals surface area contributed by atoms with Crippen molar-refractivity contribution in [3.8, 4) is 0 Å². The first-order chi connectivity index (χ1) is 13.0. The maximum Gasteiger partial charge on any atom is 0.291 e. The lowest BCUT2D eigenvalue weighted by Gasteiger charge is -2.25. The van der Waals surface area contributed by atoms with Crippen LogP contribution in [-0.2, 0) is 26.5 Å². The number of para-hydroxylation sites is 1. The molecule has 0 saturated carbocycles. The summed E-state index contributed by atoms with van der Waals surface area (Å²) in [6, 6.07) is 16.8. The number of quaternary nitrogens is 1. The molecule has 0 radical (unpaired) electrons. The molecular formula is C21H20N3O3+. The number of hydrogen-bond donors (Lipinski definition) is 2. The maximum absolute atomic E-state index is 13.4. The molecule has 2 aromatic carbocycles. The van der Waals surface area contributed by atoms with Gasteiger partial charge in [0, 0.05) is 5.56 Å². The van der Waals surface area contributed by atoms with Crippen molar-refractivity contribution in [3.05, 3.63) is 65.7 Å². The number of carbonyl (C=O) groups is 3. The van der Waals surface area contributed by atoms with E-state index in [-0.39, 0.29) is 30.3 Å². The number of nitrogens with zero attached hydrogens (tertiary/aromatic N) is 1. The largest absolute Gasteiger partial charge is 0.326 e. The zero-order valence-electron chi connectivity index (χ0n) is 14.9. The number of anilines is 1. The molecular weight excluding hydrogens is 342 g/mol. The minimum absolute atomic E-state index is 0.149. The van der Waals surface area contributed by atoms with Crippen LogP contribution in [0, 0.1) is 11.8 Å². The summed E-state index contributed by atoms with van der Waals surface area (Å²) < 4.78 is 0. The molecule has 5 rings (SSSR count). The van der Waals surface area contributed by atoms with E-state index in [1.165, 1.54) is 4.90 Å². The molecule has 1 spiro atoms. The summed E-state index contributed by atoms with van der Waals surface area (Å²) in [4.78, 5) is 40.9. The van der Waals surface area contributed by atoms with Crippen LogP contribution >= 0.6 is 0 Å². The second kappa shape index (κ2) is 5.50. The van der Waals surface area contributed by atoms with E-state index in [9.17, 15) is 14.4 Å². The lowest BCUT2D eigenvalue weighted by atomic mass is 9.76. The zero-order chi connectivity index (χ0) is 18.8. The van der Waals surface area contributed by atoms with Gasteiger partial charge in [0.2, 0.25) is 17.4 Å². The highest BCUT2D eigenvalue weighted by molar-refractivity contribution is 6.13. The van der Waals surface area contributed by atoms with Crippen molar-refractivity contribution in [3.63, 3.8) is 0 Å². The lowest BCUT2D eigenvalue weighted by Crippen LogP contribution is -2.98. The van der Waals surface area contributed by atoms with Gasteiger partial charge >= 0.3 is 0 Å². The van der Waals surface area contributed by atoms with Crippen molar-refractivity contribution >= 4 is 23.4 Å². The highest BCUT2D eigenvalue weighted by Crippen LogP contribution is 2.48. The van der Waals surface area contributed by atoms with Crippen LogP contribution in [0.15, 0.2) is 54.6 Å². The van der Waals surface area contributed by atoms with Crippen molar-refractivity contribution in [1.29, 1.82) is 0 Å². The molecule has 27 heavy (non-hydrogen) atoms. The summed E-state index contributed by atoms with van der Waals surface area (Å²) in [6.07, 6.45) is 0. The van der Waals surface area contributed by atoms with Gasteiger partial charge in [0.15, 0.2) is 0 Å². The van der Waals surface area contributed by atoms with Gasteiger partial charge in [-0.05, 0) is 18.6 Å². The van der Waals surface area contributed by atoms with Gasteiger partial charge in [-0.3, -0.25) is 19.3 Å². The molecule has 3 amide bonds. The van der Waals surface area contributed by atoms with Crippen LogP contribution in [0.1, 0.15) is 18.1 Å². The first kappa shape index (κ1) is 16.2. The van der Waals surface area contributed by atoms with Crippen molar-refractivity contribution in [2.24, 2.45) is 11.8 Å². The number of carbonyl (C=O) groups excluding carboxylic acids is 3. The number of imide groups is 1. The van der Waals surface area contributed by atoms with Crippen LogP contribution in [-0.4, -0.2) is 28.7 Å². The summed E-state index contributed by atoms with van der Waals surface area (Å²) in [6.45, 7) is 2.18. The molecule has 3 aliphatic heterocycles. The van der Waals surface area contributed by atoms with Gasteiger partial charge in [-0.15, -0.1) is 0 Å². The highest BCUT2D eigenvalue weighted by atomic mass is 16.2. The van der Waals surface area contributed by atoms with Gasteiger partial charge in [-0.25, -0.2) is 0 Å². The number of amides is 3. The standard InChI is InChI=1S/C21H19N3O3/c1-12-16-17(19(26)24(18(16)25)11-13-7-3-2-4-8-13)21(23-12)14-9-5-6-10-15(14)22-20(21)27/h2-10,12,16-17,23H,11H2,1H3,(H,22,27)/p+1/t12-,16+,17-,21-/m0/s1. The van der Waals surface area contributed by atoms with E-state index < -0.39 is 17.4 Å². The molecule has 0 aliphatic carbocycles. The Morgan fingerprint density at radius 3 is 2.48 bits per heavy atom. The van der Waals surface area contributed by atoms with E-state index in [0.29, 0.717) is 0 Å². The Kier molecular flexibility index (Phi) is 3.30. The molecule has 3 N–H and O–H groups in total. The Balaban J connectivity index is 1.59. The van der Waals surface area contributed by atoms with Crippen LogP contribution < -0.4 is 10.6 Å². The first-order valence-electron chi connectivity index (χ1n) is 9.20. The lowest BCUT2D eigenvalue weighted by molar-refractivity contribution is -0.730. The fourth-order valence-electron chi connectivity index (χ4n) is 5.08. The summed E-state index contributed by atoms with van der Waals surface area (Å²) in [5.41, 5.74) is 1.38. The van der Waals surface area contributed by atoms with Crippen LogP contribution in [0.2, 0.25) is 0 Å². The number of benzene rings is 2. The number of hydrogen-bond acceptors (Lipinski definition) is 3. The van der Waals surface area contributed by atoms with Crippen LogP contribution in [0.3, 0.4) is 0 Å². The summed E-state index contributed by atoms with van der Waals surface area (Å²) >= 11 is 0. The number of nitrogens with two attached hydrogens (primary N) is 1. The van der Waals surface area contributed by atoms with E-state index in [0.717, 1.165) is 16.8 Å². The molecule has 4 atom stereocenters. The maximum atomic E-state index is 13.4. The van der Waals surface area contributed by atoms with Gasteiger partial charge in [0.05, 0.1) is 18.3 Å². The minimum Gasteiger partial charge on any atom is -0.326 e. The SMILES string of the molecule is C[C@@H]1[NH2+][C@]2(C(=O)Nc3ccccc32)[C@@H]2C(=O)N(Cc3ccccc3)C(=O)[C@H]12. The average Bonchev–Trinajstić information content (AvgIpc) is 3.23. The molecule has 3 aliphatic rings. The van der Waals surface area contributed by atoms with Crippen LogP contribution in [0.5, 0.6) is 0 Å². The van der Waals surface area contributed by atoms with Crippen LogP contribution in [0.4, 0.5) is 5.69 Å². The fourth-order valence-corrected chi connectivity index (χ4v) is 5.08. The molecule has 3 heterocycles. The molecule has 2 aromatic rings. The molecule has 0 unspecified atom stereocenters. The molecule has 6 nitrogen and oxygen atoms in total. The van der Waals surface area contributed by atoms with E-state index in [1.807, 2.05) is 66.8 Å². The Morgan fingerprint density at radius 1 is 1.00 bits per heavy atom. The first-order valence-corrected chi connectivity index (χ1v) is 9.20. The zero-order valence-corrected chi connectivity index (χ0v) is 14.9. The minimum atomic E-state index is -1.06. The van der Waals surface area contributed by atoms with Gasteiger partial charge in [0.1, 0.15) is 11.8 Å². The topological polar surface area (TPSA) is 83.1 Å². The van der Waals surface area contributed by atoms with E-state index in [4.69, 9.17) is 0 Å². The van der Waals surface area contributed by atoms with Crippen molar-refractivity contribution in [1.82, 2.24) is 4.90 Å². The third kappa shape index (κ3) is 2.01. The normalized spacial score (nSPS) is 31.4. The number of rotatable bonds is 2. The summed E-state index contributed by atoms with van der Waals surface area (Å²) in [5, 5.41) is 4.83. The second-order valence-electron chi connectivity index (χ2n) is 7.65. The van der Waals surface area contributed by atoms with E-state index >= 15 is 0 Å². The molecule has 2 fully saturated rings. The fraction of sp³-hybridized carbons (Fsp3) is 0.286. The smallest absolute Gasteiger partial charge is 0.291 e. The Labute approximate surface area is 156 Å². The van der Waals surface area contributed by atoms with Gasteiger partial charge in [-0.2, -0.15) is 0 Å². The van der Waals surface area contributed by atoms with E-state index in [1.54, 1.807) is 0 Å². The number of nitrogens with one attached hydrogen (secondary N) is 1. The molecule has 136 valence electrons. The Morgan fingerprint density at radius 2 is 1.70 bits per heavy atom. The average molecular weight is 362 g/mol. The predicted molar refractivity (Wildman–Crippen MR) is 97.1 cm³/mol. The summed E-state index contributed by atoms with van der Waals surface area (Å²) in [7, 11) is 0. The second-order valence-corrected chi connectivity index (χ2v) is 7.65. The molecule has 0 bridgehead atoms. The van der Waals surface area contributed by atoms with Crippen molar-refractivity contribution in [2.45, 2.75) is 25.0 Å². The van der Waals surface area contributed by atoms with Crippen LogP contribution in [0.25, 0.3) is 0 Å². The third-order valence-electron chi connectivity index (χ3n) is 6.21. The monoisotopic (exact) mass is 362 g/mol. The molecule has 2 saturated heterocycles. The number of likely N-dealkylation sites (tertiary alicyclic amines) is 1. The molecule has 0 aromatic heterocycles. The highest BCUT2D eigenvalue weighted by Gasteiger charge is 2.73. The van der Waals surface area contributed by atoms with Crippen molar-refractivity contribution in [2.75, 3.05) is 5.32 Å². The van der Waals surface area contributed by atoms with E-state index in [2.05, 4.69) is 5.32 Å². The quantitative estimate of drug-likeness (QED) is 0.768. The van der Waals surface area contributed by atoms with Gasteiger partial charge in [0.25, 0.3) is 5.91 Å². The summed E-state index contributed by atoms with van der Waals surface area (Å²) in [5.74, 6) is -1.79. The third-order valence-corrected chi connectivity index (χ3v) is 6.21. The molecule has 6 heteroatoms. The Bertz CT molecular complexity index is 974. The predicted octanol–water partition coefficient (Wildman–Crippen LogP) is 0.601. The van der Waals surface area contributed by atoms with Gasteiger partial charge in [-0.1, -0.05) is 48.5 Å².